The van der Waals surface area contributed by atoms with Gasteiger partial charge in [0.15, 0.2) is 0 Å². The van der Waals surface area contributed by atoms with E-state index >= 15 is 0 Å². The first-order valence-electron chi connectivity index (χ1n) is 10.3. The lowest BCUT2D eigenvalue weighted by Gasteiger charge is -2.26. The molecular formula is C25H32O5. The number of hydrogen-bond donors (Lipinski definition) is 0. The number of rotatable bonds is 13. The van der Waals surface area contributed by atoms with Gasteiger partial charge in [-0.1, -0.05) is 51.6 Å². The smallest absolute Gasteiger partial charge is 0.330 e. The van der Waals surface area contributed by atoms with Crippen molar-refractivity contribution in [2.45, 2.75) is 32.6 Å². The second-order valence-corrected chi connectivity index (χ2v) is 7.35. The van der Waals surface area contributed by atoms with Crippen LogP contribution in [0.4, 0.5) is 0 Å². The third-order valence-electron chi connectivity index (χ3n) is 4.76. The molecule has 2 aromatic carbocycles. The molecule has 0 aliphatic carbocycles. The Kier molecular flexibility index (Phi) is 9.42. The largest absolute Gasteiger partial charge is 0.491 e. The molecule has 0 atom stereocenters. The second kappa shape index (κ2) is 12.0. The summed E-state index contributed by atoms with van der Waals surface area (Å²) in [6.07, 6.45) is 2.15. The van der Waals surface area contributed by atoms with E-state index in [0.717, 1.165) is 30.6 Å². The molecule has 30 heavy (non-hydrogen) atoms. The molecule has 2 aromatic rings. The topological polar surface area (TPSA) is 54.0 Å². The van der Waals surface area contributed by atoms with E-state index in [1.54, 1.807) is 0 Å². The maximum absolute atomic E-state index is 11.0. The molecular weight excluding hydrogens is 380 g/mol. The van der Waals surface area contributed by atoms with E-state index in [0.29, 0.717) is 19.8 Å². The van der Waals surface area contributed by atoms with Crippen molar-refractivity contribution in [2.75, 3.05) is 33.0 Å². The highest BCUT2D eigenvalue weighted by Gasteiger charge is 2.23. The molecule has 0 aliphatic rings. The first kappa shape index (κ1) is 23.5. The third-order valence-corrected chi connectivity index (χ3v) is 4.76. The third kappa shape index (κ3) is 7.23. The lowest BCUT2D eigenvalue weighted by atomic mass is 9.78. The standard InChI is InChI=1S/C25H32O5/c1-5-15-27-16-17-28-22-11-7-20(8-12-22)25(3,4)21-9-13-23(14-10-21)29-18-19-30-24(26)6-2/h6-14H,2,5,15-19H2,1,3-4H3. The van der Waals surface area contributed by atoms with Crippen LogP contribution in [-0.4, -0.2) is 39.0 Å². The first-order valence-corrected chi connectivity index (χ1v) is 10.3. The molecule has 0 heterocycles. The Labute approximate surface area is 179 Å². The summed E-state index contributed by atoms with van der Waals surface area (Å²) < 4.78 is 21.7. The van der Waals surface area contributed by atoms with Crippen LogP contribution in [0.15, 0.2) is 61.2 Å². The van der Waals surface area contributed by atoms with E-state index < -0.39 is 5.97 Å². The van der Waals surface area contributed by atoms with Crippen LogP contribution >= 0.6 is 0 Å². The molecule has 5 heteroatoms. The fourth-order valence-corrected chi connectivity index (χ4v) is 2.93. The number of benzene rings is 2. The second-order valence-electron chi connectivity index (χ2n) is 7.35. The Morgan fingerprint density at radius 3 is 1.80 bits per heavy atom. The van der Waals surface area contributed by atoms with E-state index in [9.17, 15) is 4.79 Å². The zero-order valence-electron chi connectivity index (χ0n) is 18.2. The van der Waals surface area contributed by atoms with Crippen molar-refractivity contribution >= 4 is 5.97 Å². The predicted octanol–water partition coefficient (Wildman–Crippen LogP) is 4.93. The van der Waals surface area contributed by atoms with Crippen molar-refractivity contribution in [1.82, 2.24) is 0 Å². The van der Waals surface area contributed by atoms with E-state index in [-0.39, 0.29) is 12.0 Å². The Hall–Kier alpha value is -2.79. The molecule has 0 saturated heterocycles. The average molecular weight is 413 g/mol. The van der Waals surface area contributed by atoms with Crippen LogP contribution in [0.5, 0.6) is 11.5 Å². The van der Waals surface area contributed by atoms with Gasteiger partial charge in [-0.05, 0) is 41.8 Å². The lowest BCUT2D eigenvalue weighted by Crippen LogP contribution is -2.18. The van der Waals surface area contributed by atoms with Crippen molar-refractivity contribution in [2.24, 2.45) is 0 Å². The zero-order valence-corrected chi connectivity index (χ0v) is 18.2. The van der Waals surface area contributed by atoms with Crippen LogP contribution < -0.4 is 9.47 Å². The average Bonchev–Trinajstić information content (AvgIpc) is 2.77. The van der Waals surface area contributed by atoms with Gasteiger partial charge in [0.1, 0.15) is 31.3 Å². The molecule has 0 spiro atoms. The Morgan fingerprint density at radius 1 is 0.833 bits per heavy atom. The quantitative estimate of drug-likeness (QED) is 0.265. The monoisotopic (exact) mass is 412 g/mol. The Balaban J connectivity index is 1.89. The fraction of sp³-hybridized carbons (Fsp3) is 0.400. The highest BCUT2D eigenvalue weighted by molar-refractivity contribution is 5.81. The Morgan fingerprint density at radius 2 is 1.33 bits per heavy atom. The minimum absolute atomic E-state index is 0.166. The van der Waals surface area contributed by atoms with Crippen LogP contribution in [-0.2, 0) is 19.7 Å². The minimum atomic E-state index is -0.447. The molecule has 5 nitrogen and oxygen atoms in total. The summed E-state index contributed by atoms with van der Waals surface area (Å²) >= 11 is 0. The van der Waals surface area contributed by atoms with Gasteiger partial charge in [0.25, 0.3) is 0 Å². The van der Waals surface area contributed by atoms with Crippen molar-refractivity contribution < 1.29 is 23.7 Å². The van der Waals surface area contributed by atoms with Gasteiger partial charge in [0.2, 0.25) is 0 Å². The zero-order chi connectivity index (χ0) is 21.8. The van der Waals surface area contributed by atoms with Crippen LogP contribution in [0.25, 0.3) is 0 Å². The molecule has 2 rings (SSSR count). The number of esters is 1. The minimum Gasteiger partial charge on any atom is -0.491 e. The van der Waals surface area contributed by atoms with Crippen LogP contribution in [0.1, 0.15) is 38.3 Å². The molecule has 162 valence electrons. The van der Waals surface area contributed by atoms with Crippen LogP contribution in [0.2, 0.25) is 0 Å². The van der Waals surface area contributed by atoms with Crippen molar-refractivity contribution in [3.05, 3.63) is 72.3 Å². The lowest BCUT2D eigenvalue weighted by molar-refractivity contribution is -0.138. The number of carbonyl (C=O) groups excluding carboxylic acids is 1. The summed E-state index contributed by atoms with van der Waals surface area (Å²) in [6.45, 7) is 12.2. The van der Waals surface area contributed by atoms with E-state index in [4.69, 9.17) is 18.9 Å². The summed E-state index contributed by atoms with van der Waals surface area (Å²) in [7, 11) is 0. The molecule has 0 radical (unpaired) electrons. The molecule has 0 unspecified atom stereocenters. The highest BCUT2D eigenvalue weighted by Crippen LogP contribution is 2.33. The van der Waals surface area contributed by atoms with Gasteiger partial charge in [0.05, 0.1) is 6.61 Å². The van der Waals surface area contributed by atoms with Gasteiger partial charge >= 0.3 is 5.97 Å². The van der Waals surface area contributed by atoms with Gasteiger partial charge in [-0.15, -0.1) is 0 Å². The predicted molar refractivity (Wildman–Crippen MR) is 118 cm³/mol. The van der Waals surface area contributed by atoms with Gasteiger partial charge in [0, 0.05) is 18.1 Å². The molecule has 0 N–H and O–H groups in total. The fourth-order valence-electron chi connectivity index (χ4n) is 2.93. The maximum Gasteiger partial charge on any atom is 0.330 e. The van der Waals surface area contributed by atoms with Crippen molar-refractivity contribution in [1.29, 1.82) is 0 Å². The van der Waals surface area contributed by atoms with E-state index in [2.05, 4.69) is 51.6 Å². The molecule has 0 bridgehead atoms. The van der Waals surface area contributed by atoms with Crippen molar-refractivity contribution in [3.8, 4) is 11.5 Å². The summed E-state index contributed by atoms with van der Waals surface area (Å²) in [6, 6.07) is 16.2. The maximum atomic E-state index is 11.0. The summed E-state index contributed by atoms with van der Waals surface area (Å²) in [5.41, 5.74) is 2.21. The highest BCUT2D eigenvalue weighted by atomic mass is 16.6. The van der Waals surface area contributed by atoms with Gasteiger partial charge in [-0.3, -0.25) is 0 Å². The summed E-state index contributed by atoms with van der Waals surface area (Å²) in [5.74, 6) is 1.13. The summed E-state index contributed by atoms with van der Waals surface area (Å²) in [5, 5.41) is 0. The van der Waals surface area contributed by atoms with E-state index in [1.807, 2.05) is 24.3 Å². The van der Waals surface area contributed by atoms with Crippen LogP contribution in [0, 0.1) is 0 Å². The SMILES string of the molecule is C=CC(=O)OCCOc1ccc(C(C)(C)c2ccc(OCCOCCC)cc2)cc1. The molecule has 0 aromatic heterocycles. The van der Waals surface area contributed by atoms with Crippen molar-refractivity contribution in [3.63, 3.8) is 0 Å². The van der Waals surface area contributed by atoms with Crippen LogP contribution in [0.3, 0.4) is 0 Å². The van der Waals surface area contributed by atoms with Gasteiger partial charge < -0.3 is 18.9 Å². The number of ether oxygens (including phenoxy) is 4. The molecule has 0 aliphatic heterocycles. The normalized spacial score (nSPS) is 11.0. The van der Waals surface area contributed by atoms with Gasteiger partial charge in [-0.2, -0.15) is 0 Å². The van der Waals surface area contributed by atoms with E-state index in [1.165, 1.54) is 11.1 Å². The molecule has 0 fully saturated rings. The van der Waals surface area contributed by atoms with Gasteiger partial charge in [-0.25, -0.2) is 4.79 Å². The molecule has 0 amide bonds. The number of hydrogen-bond acceptors (Lipinski definition) is 5. The first-order chi connectivity index (χ1) is 14.5. The Bertz CT molecular complexity index is 778. The number of carbonyl (C=O) groups is 1. The molecule has 0 saturated carbocycles. The summed E-state index contributed by atoms with van der Waals surface area (Å²) in [4.78, 5) is 11.0.